The Morgan fingerprint density at radius 1 is 1.26 bits per heavy atom. The van der Waals surface area contributed by atoms with E-state index in [1.165, 1.54) is 7.11 Å². The third kappa shape index (κ3) is 3.47. The number of ether oxygens (including phenoxy) is 1. The summed E-state index contributed by atoms with van der Waals surface area (Å²) in [6.45, 7) is 4.48. The zero-order valence-electron chi connectivity index (χ0n) is 15.7. The Morgan fingerprint density at radius 3 is 2.52 bits per heavy atom. The predicted molar refractivity (Wildman–Crippen MR) is 103 cm³/mol. The highest BCUT2D eigenvalue weighted by Crippen LogP contribution is 2.33. The number of aliphatic carboxylic acids is 1. The number of carbonyl (C=O) groups excluding carboxylic acids is 1. The van der Waals surface area contributed by atoms with Crippen molar-refractivity contribution in [3.05, 3.63) is 52.3 Å². The Hall–Kier alpha value is -2.31. The smallest absolute Gasteiger partial charge is 0.313 e. The maximum atomic E-state index is 13.1. The molecule has 144 valence electrons. The molecule has 0 radical (unpaired) electrons. The predicted octanol–water partition coefficient (Wildman–Crippen LogP) is 3.31. The van der Waals surface area contributed by atoms with Crippen LogP contribution >= 0.6 is 11.6 Å². The molecule has 3 rings (SSSR count). The van der Waals surface area contributed by atoms with E-state index < -0.39 is 11.4 Å². The quantitative estimate of drug-likeness (QED) is 0.850. The Balaban J connectivity index is 1.89. The van der Waals surface area contributed by atoms with Gasteiger partial charge in [0, 0.05) is 42.3 Å². The molecule has 0 bridgehead atoms. The van der Waals surface area contributed by atoms with Gasteiger partial charge >= 0.3 is 5.97 Å². The van der Waals surface area contributed by atoms with E-state index in [0.29, 0.717) is 23.6 Å². The Morgan fingerprint density at radius 2 is 1.93 bits per heavy atom. The number of aryl methyl sites for hydroxylation is 1. The molecule has 1 atom stereocenters. The maximum absolute atomic E-state index is 13.1. The second kappa shape index (κ2) is 7.37. The number of carboxylic acids is 1. The van der Waals surface area contributed by atoms with Crippen LogP contribution in [0.25, 0.3) is 5.69 Å². The molecule has 6 nitrogen and oxygen atoms in total. The third-order valence-electron chi connectivity index (χ3n) is 5.26. The summed E-state index contributed by atoms with van der Waals surface area (Å²) in [6, 6.07) is 9.28. The molecule has 1 aromatic carbocycles. The molecule has 1 N–H and O–H groups in total. The summed E-state index contributed by atoms with van der Waals surface area (Å²) in [7, 11) is 1.48. The van der Waals surface area contributed by atoms with Crippen molar-refractivity contribution >= 4 is 23.5 Å². The molecule has 2 heterocycles. The van der Waals surface area contributed by atoms with Crippen LogP contribution in [0.5, 0.6) is 0 Å². The van der Waals surface area contributed by atoms with Gasteiger partial charge < -0.3 is 19.3 Å². The van der Waals surface area contributed by atoms with Crippen LogP contribution in [0.15, 0.2) is 30.3 Å². The Kier molecular flexibility index (Phi) is 5.31. The Bertz CT molecular complexity index is 875. The summed E-state index contributed by atoms with van der Waals surface area (Å²) >= 11 is 5.97. The van der Waals surface area contributed by atoms with E-state index >= 15 is 0 Å². The van der Waals surface area contributed by atoms with E-state index in [1.54, 1.807) is 4.90 Å². The lowest BCUT2D eigenvalue weighted by Gasteiger charge is -2.23. The highest BCUT2D eigenvalue weighted by atomic mass is 35.5. The van der Waals surface area contributed by atoms with E-state index in [-0.39, 0.29) is 19.1 Å². The number of hydrogen-bond donors (Lipinski definition) is 1. The fraction of sp³-hybridized carbons (Fsp3) is 0.400. The number of hydrogen-bond acceptors (Lipinski definition) is 3. The van der Waals surface area contributed by atoms with Crippen LogP contribution in [0.1, 0.15) is 28.2 Å². The van der Waals surface area contributed by atoms with Gasteiger partial charge in [0.25, 0.3) is 5.91 Å². The van der Waals surface area contributed by atoms with Crippen LogP contribution in [-0.4, -0.2) is 53.3 Å². The molecule has 7 heteroatoms. The summed E-state index contributed by atoms with van der Waals surface area (Å²) in [5.41, 5.74) is 2.22. The fourth-order valence-electron chi connectivity index (χ4n) is 3.81. The van der Waals surface area contributed by atoms with Gasteiger partial charge in [-0.1, -0.05) is 11.6 Å². The largest absolute Gasteiger partial charge is 0.481 e. The molecule has 0 spiro atoms. The van der Waals surface area contributed by atoms with E-state index in [9.17, 15) is 14.7 Å². The van der Waals surface area contributed by atoms with Crippen LogP contribution in [0.4, 0.5) is 0 Å². The first-order chi connectivity index (χ1) is 12.8. The minimum Gasteiger partial charge on any atom is -0.481 e. The van der Waals surface area contributed by atoms with Gasteiger partial charge in [0.1, 0.15) is 5.41 Å². The number of rotatable bonds is 5. The van der Waals surface area contributed by atoms with Gasteiger partial charge in [0.05, 0.1) is 12.2 Å². The van der Waals surface area contributed by atoms with Crippen molar-refractivity contribution in [1.29, 1.82) is 0 Å². The third-order valence-corrected chi connectivity index (χ3v) is 5.51. The number of carboxylic acid groups (broad SMARTS) is 1. The second-order valence-corrected chi connectivity index (χ2v) is 7.53. The summed E-state index contributed by atoms with van der Waals surface area (Å²) in [5, 5.41) is 10.3. The Labute approximate surface area is 163 Å². The minimum atomic E-state index is -1.04. The number of likely N-dealkylation sites (tertiary alicyclic amines) is 1. The summed E-state index contributed by atoms with van der Waals surface area (Å²) in [6.07, 6.45) is 0.387. The molecule has 1 fully saturated rings. The van der Waals surface area contributed by atoms with Crippen molar-refractivity contribution in [3.8, 4) is 5.69 Å². The number of amides is 1. The van der Waals surface area contributed by atoms with Crippen LogP contribution in [0.3, 0.4) is 0 Å². The van der Waals surface area contributed by atoms with Gasteiger partial charge in [-0.3, -0.25) is 9.59 Å². The van der Waals surface area contributed by atoms with Gasteiger partial charge in [0.2, 0.25) is 0 Å². The highest BCUT2D eigenvalue weighted by molar-refractivity contribution is 6.30. The summed E-state index contributed by atoms with van der Waals surface area (Å²) in [4.78, 5) is 26.4. The number of nitrogens with zero attached hydrogens (tertiary/aromatic N) is 2. The molecule has 1 aliphatic rings. The highest BCUT2D eigenvalue weighted by Gasteiger charge is 2.46. The first-order valence-electron chi connectivity index (χ1n) is 8.75. The molecule has 1 aliphatic heterocycles. The topological polar surface area (TPSA) is 71.8 Å². The molecular formula is C20H23ClN2O4. The number of aromatic nitrogens is 1. The normalized spacial score (nSPS) is 19.5. The lowest BCUT2D eigenvalue weighted by molar-refractivity contribution is -0.151. The van der Waals surface area contributed by atoms with Crippen LogP contribution in [-0.2, 0) is 9.53 Å². The molecule has 0 saturated carbocycles. The van der Waals surface area contributed by atoms with Gasteiger partial charge in [-0.2, -0.15) is 0 Å². The molecule has 2 aromatic rings. The van der Waals surface area contributed by atoms with E-state index in [0.717, 1.165) is 17.1 Å². The van der Waals surface area contributed by atoms with Crippen molar-refractivity contribution in [2.24, 2.45) is 5.41 Å². The molecule has 1 saturated heterocycles. The number of methoxy groups -OCH3 is 1. The lowest BCUT2D eigenvalue weighted by atomic mass is 9.88. The van der Waals surface area contributed by atoms with E-state index in [4.69, 9.17) is 16.3 Å². The molecule has 1 aromatic heterocycles. The van der Waals surface area contributed by atoms with E-state index in [2.05, 4.69) is 0 Å². The molecular weight excluding hydrogens is 368 g/mol. The van der Waals surface area contributed by atoms with Crippen molar-refractivity contribution in [1.82, 2.24) is 9.47 Å². The van der Waals surface area contributed by atoms with Gasteiger partial charge in [0.15, 0.2) is 0 Å². The molecule has 1 amide bonds. The summed E-state index contributed by atoms with van der Waals surface area (Å²) < 4.78 is 7.10. The number of carbonyl (C=O) groups is 2. The van der Waals surface area contributed by atoms with Crippen molar-refractivity contribution in [2.45, 2.75) is 20.3 Å². The SMILES string of the molecule is COCC1(C(=O)O)CCN(C(=O)c2cc(C)n(-c3ccc(Cl)cc3)c2C)C1. The minimum absolute atomic E-state index is 0.0932. The van der Waals surface area contributed by atoms with Crippen molar-refractivity contribution in [2.75, 3.05) is 26.8 Å². The second-order valence-electron chi connectivity index (χ2n) is 7.09. The fourth-order valence-corrected chi connectivity index (χ4v) is 3.94. The molecule has 0 aliphatic carbocycles. The van der Waals surface area contributed by atoms with E-state index in [1.807, 2.05) is 48.7 Å². The molecule has 1 unspecified atom stereocenters. The monoisotopic (exact) mass is 390 g/mol. The average Bonchev–Trinajstić information content (AvgIpc) is 3.18. The van der Waals surface area contributed by atoms with Gasteiger partial charge in [-0.05, 0) is 50.6 Å². The first-order valence-corrected chi connectivity index (χ1v) is 9.13. The maximum Gasteiger partial charge on any atom is 0.313 e. The first kappa shape index (κ1) is 19.5. The van der Waals surface area contributed by atoms with Crippen molar-refractivity contribution in [3.63, 3.8) is 0 Å². The van der Waals surface area contributed by atoms with Gasteiger partial charge in [-0.15, -0.1) is 0 Å². The summed E-state index contributed by atoms with van der Waals surface area (Å²) in [5.74, 6) is -1.08. The number of benzene rings is 1. The standard InChI is InChI=1S/C20H23ClN2O4/c1-13-10-17(14(2)23(13)16-6-4-15(21)5-7-16)18(24)22-9-8-20(11-22,12-27-3)19(25)26/h4-7,10H,8-9,11-12H2,1-3H3,(H,25,26). The number of halogens is 1. The van der Waals surface area contributed by atoms with Crippen LogP contribution < -0.4 is 0 Å². The lowest BCUT2D eigenvalue weighted by Crippen LogP contribution is -2.40. The van der Waals surface area contributed by atoms with Gasteiger partial charge in [-0.25, -0.2) is 0 Å². The average molecular weight is 391 g/mol. The zero-order valence-corrected chi connectivity index (χ0v) is 16.4. The van der Waals surface area contributed by atoms with Crippen LogP contribution in [0.2, 0.25) is 5.02 Å². The zero-order chi connectivity index (χ0) is 19.8. The van der Waals surface area contributed by atoms with Crippen LogP contribution in [0, 0.1) is 19.3 Å². The van der Waals surface area contributed by atoms with Crippen molar-refractivity contribution < 1.29 is 19.4 Å². The molecule has 27 heavy (non-hydrogen) atoms.